The molecule has 0 aliphatic rings. The lowest BCUT2D eigenvalue weighted by atomic mass is 10.2. The van der Waals surface area contributed by atoms with Crippen molar-refractivity contribution in [2.45, 2.75) is 13.2 Å². The van der Waals surface area contributed by atoms with Crippen molar-refractivity contribution in [1.29, 1.82) is 0 Å². The second-order valence-electron chi connectivity index (χ2n) is 5.82. The van der Waals surface area contributed by atoms with Crippen molar-refractivity contribution < 1.29 is 24.6 Å². The Morgan fingerprint density at radius 3 is 2.07 bits per heavy atom. The van der Waals surface area contributed by atoms with Gasteiger partial charge in [-0.25, -0.2) is 9.78 Å². The number of carboxylic acids is 1. The summed E-state index contributed by atoms with van der Waals surface area (Å²) >= 11 is 0. The molecule has 7 heteroatoms. The van der Waals surface area contributed by atoms with Gasteiger partial charge in [-0.3, -0.25) is 0 Å². The molecule has 2 N–H and O–H groups in total. The first-order chi connectivity index (χ1) is 13.7. The number of hydrogen-bond acceptors (Lipinski definition) is 6. The summed E-state index contributed by atoms with van der Waals surface area (Å²) in [4.78, 5) is 15.4. The van der Waals surface area contributed by atoms with Crippen molar-refractivity contribution in [1.82, 2.24) is 4.98 Å². The molecular weight excluding hydrogens is 360 g/mol. The van der Waals surface area contributed by atoms with E-state index in [4.69, 9.17) is 14.7 Å². The van der Waals surface area contributed by atoms with Crippen molar-refractivity contribution in [3.8, 4) is 11.5 Å². The number of aromatic nitrogens is 1. The molecular formula is C21H18N2O5. The summed E-state index contributed by atoms with van der Waals surface area (Å²) in [7, 11) is 0. The fourth-order valence-electron chi connectivity index (χ4n) is 2.50. The van der Waals surface area contributed by atoms with Gasteiger partial charge in [0.25, 0.3) is 0 Å². The van der Waals surface area contributed by atoms with Crippen molar-refractivity contribution in [2.24, 2.45) is 5.16 Å². The van der Waals surface area contributed by atoms with Gasteiger partial charge in [-0.05, 0) is 11.1 Å². The van der Waals surface area contributed by atoms with Crippen LogP contribution in [0.4, 0.5) is 0 Å². The highest BCUT2D eigenvalue weighted by molar-refractivity contribution is 5.90. The molecule has 2 aromatic carbocycles. The highest BCUT2D eigenvalue weighted by Crippen LogP contribution is 2.32. The van der Waals surface area contributed by atoms with Gasteiger partial charge in [0.05, 0.1) is 6.21 Å². The molecule has 0 amide bonds. The average Bonchev–Trinajstić information content (AvgIpc) is 2.73. The number of oxime groups is 1. The van der Waals surface area contributed by atoms with E-state index in [1.54, 1.807) is 0 Å². The normalized spacial score (nSPS) is 10.7. The lowest BCUT2D eigenvalue weighted by Crippen LogP contribution is -2.09. The number of aromatic carboxylic acids is 1. The van der Waals surface area contributed by atoms with Gasteiger partial charge in [-0.2, -0.15) is 0 Å². The number of hydrogen-bond donors (Lipinski definition) is 2. The van der Waals surface area contributed by atoms with E-state index in [0.717, 1.165) is 17.3 Å². The van der Waals surface area contributed by atoms with Crippen LogP contribution in [0, 0.1) is 0 Å². The molecule has 3 aromatic rings. The molecule has 0 saturated heterocycles. The summed E-state index contributed by atoms with van der Waals surface area (Å²) in [6, 6.07) is 20.2. The Kier molecular flexibility index (Phi) is 6.20. The fraction of sp³-hybridized carbons (Fsp3) is 0.0952. The van der Waals surface area contributed by atoms with Crippen molar-refractivity contribution in [3.63, 3.8) is 0 Å². The van der Waals surface area contributed by atoms with E-state index in [2.05, 4.69) is 10.1 Å². The zero-order chi connectivity index (χ0) is 19.8. The maximum atomic E-state index is 11.4. The van der Waals surface area contributed by atoms with E-state index in [9.17, 15) is 9.90 Å². The molecule has 0 fully saturated rings. The highest BCUT2D eigenvalue weighted by atomic mass is 16.5. The zero-order valence-corrected chi connectivity index (χ0v) is 14.9. The van der Waals surface area contributed by atoms with E-state index in [-0.39, 0.29) is 36.1 Å². The molecule has 0 spiro atoms. The smallest absolute Gasteiger partial charge is 0.354 e. The van der Waals surface area contributed by atoms with Crippen LogP contribution in [0.5, 0.6) is 11.5 Å². The van der Waals surface area contributed by atoms with E-state index in [1.165, 1.54) is 6.07 Å². The standard InChI is InChI=1S/C21H18N2O5/c24-21(25)17-11-19(27-13-15-7-3-1-4-8-15)20(18(23-17)12-22-26)28-14-16-9-5-2-6-10-16/h1-12,26H,13-14H2,(H,24,25). The first-order valence-electron chi connectivity index (χ1n) is 8.46. The number of pyridine rings is 1. The molecule has 0 unspecified atom stereocenters. The van der Waals surface area contributed by atoms with E-state index in [0.29, 0.717) is 0 Å². The Bertz CT molecular complexity index is 959. The Hall–Kier alpha value is -3.87. The maximum Gasteiger partial charge on any atom is 0.354 e. The number of rotatable bonds is 8. The third-order valence-electron chi connectivity index (χ3n) is 3.83. The van der Waals surface area contributed by atoms with Crippen LogP contribution in [-0.4, -0.2) is 27.5 Å². The monoisotopic (exact) mass is 378 g/mol. The van der Waals surface area contributed by atoms with E-state index >= 15 is 0 Å². The van der Waals surface area contributed by atoms with Gasteiger partial charge in [0.15, 0.2) is 17.2 Å². The average molecular weight is 378 g/mol. The molecule has 1 heterocycles. The van der Waals surface area contributed by atoms with Crippen LogP contribution >= 0.6 is 0 Å². The first kappa shape index (κ1) is 18.9. The number of benzene rings is 2. The van der Waals surface area contributed by atoms with Crippen molar-refractivity contribution in [2.75, 3.05) is 0 Å². The van der Waals surface area contributed by atoms with Gasteiger partial charge >= 0.3 is 5.97 Å². The zero-order valence-electron chi connectivity index (χ0n) is 14.9. The number of ether oxygens (including phenoxy) is 2. The van der Waals surface area contributed by atoms with Crippen LogP contribution in [0.1, 0.15) is 27.3 Å². The summed E-state index contributed by atoms with van der Waals surface area (Å²) in [5.74, 6) is -0.837. The molecule has 1 aromatic heterocycles. The van der Waals surface area contributed by atoms with Crippen LogP contribution in [0.2, 0.25) is 0 Å². The largest absolute Gasteiger partial charge is 0.485 e. The molecule has 142 valence electrons. The molecule has 0 aliphatic heterocycles. The minimum Gasteiger partial charge on any atom is -0.485 e. The van der Waals surface area contributed by atoms with Crippen LogP contribution in [0.15, 0.2) is 71.9 Å². The molecule has 28 heavy (non-hydrogen) atoms. The van der Waals surface area contributed by atoms with Crippen LogP contribution in [0.25, 0.3) is 0 Å². The molecule has 0 radical (unpaired) electrons. The summed E-state index contributed by atoms with van der Waals surface area (Å²) in [6.07, 6.45) is 1.02. The van der Waals surface area contributed by atoms with Crippen LogP contribution in [-0.2, 0) is 13.2 Å². The second kappa shape index (κ2) is 9.18. The summed E-state index contributed by atoms with van der Waals surface area (Å²) in [5, 5.41) is 21.2. The number of nitrogens with zero attached hydrogens (tertiary/aromatic N) is 2. The van der Waals surface area contributed by atoms with Gasteiger partial charge in [0.1, 0.15) is 18.9 Å². The number of carbonyl (C=O) groups is 1. The topological polar surface area (TPSA) is 101 Å². The Balaban J connectivity index is 1.93. The van der Waals surface area contributed by atoms with Crippen molar-refractivity contribution in [3.05, 3.63) is 89.2 Å². The lowest BCUT2D eigenvalue weighted by molar-refractivity contribution is 0.0689. The quantitative estimate of drug-likeness (QED) is 0.352. The maximum absolute atomic E-state index is 11.4. The summed E-state index contributed by atoms with van der Waals surface area (Å²) in [5.41, 5.74) is 1.62. The molecule has 0 bridgehead atoms. The van der Waals surface area contributed by atoms with Gasteiger partial charge in [-0.15, -0.1) is 0 Å². The Labute approximate surface area is 161 Å². The van der Waals surface area contributed by atoms with Gasteiger partial charge in [0, 0.05) is 6.07 Å². The van der Waals surface area contributed by atoms with E-state index in [1.807, 2.05) is 60.7 Å². The van der Waals surface area contributed by atoms with Crippen LogP contribution < -0.4 is 9.47 Å². The minimum atomic E-state index is -1.23. The predicted octanol–water partition coefficient (Wildman–Crippen LogP) is 3.75. The SMILES string of the molecule is O=C(O)c1cc(OCc2ccccc2)c(OCc2ccccc2)c(C=NO)n1. The van der Waals surface area contributed by atoms with Gasteiger partial charge in [-0.1, -0.05) is 65.8 Å². The van der Waals surface area contributed by atoms with Gasteiger partial charge in [0.2, 0.25) is 0 Å². The summed E-state index contributed by atoms with van der Waals surface area (Å²) < 4.78 is 11.7. The molecule has 7 nitrogen and oxygen atoms in total. The molecule has 0 aliphatic carbocycles. The molecule has 0 saturated carbocycles. The van der Waals surface area contributed by atoms with E-state index < -0.39 is 5.97 Å². The fourth-order valence-corrected chi connectivity index (χ4v) is 2.50. The van der Waals surface area contributed by atoms with Crippen LogP contribution in [0.3, 0.4) is 0 Å². The highest BCUT2D eigenvalue weighted by Gasteiger charge is 2.18. The first-order valence-corrected chi connectivity index (χ1v) is 8.46. The molecule has 0 atom stereocenters. The number of carboxylic acid groups (broad SMARTS) is 1. The molecule has 3 rings (SSSR count). The third-order valence-corrected chi connectivity index (χ3v) is 3.83. The van der Waals surface area contributed by atoms with Gasteiger partial charge < -0.3 is 19.8 Å². The Morgan fingerprint density at radius 1 is 0.964 bits per heavy atom. The summed E-state index contributed by atoms with van der Waals surface area (Å²) in [6.45, 7) is 0.421. The Morgan fingerprint density at radius 2 is 1.54 bits per heavy atom. The second-order valence-corrected chi connectivity index (χ2v) is 5.82. The lowest BCUT2D eigenvalue weighted by Gasteiger charge is -2.15. The minimum absolute atomic E-state index is 0.0568. The third kappa shape index (κ3) is 4.85. The van der Waals surface area contributed by atoms with Crippen molar-refractivity contribution >= 4 is 12.2 Å². The predicted molar refractivity (Wildman–Crippen MR) is 102 cm³/mol.